The van der Waals surface area contributed by atoms with Gasteiger partial charge >= 0.3 is 0 Å². The summed E-state index contributed by atoms with van der Waals surface area (Å²) in [6.45, 7) is 0. The smallest absolute Gasteiger partial charge is 0.188 e. The standard InChI is InChI=1S/C12H4Br2Cl2O2/c13-5-1-7(15)11-9(3-5)17-10-4-6(14)2-8(16)12(10)18-11/h1-4H. The fourth-order valence-electron chi connectivity index (χ4n) is 1.64. The van der Waals surface area contributed by atoms with Gasteiger partial charge in [0, 0.05) is 8.95 Å². The highest BCUT2D eigenvalue weighted by atomic mass is 79.9. The first kappa shape index (κ1) is 12.6. The van der Waals surface area contributed by atoms with E-state index in [1.807, 2.05) is 0 Å². The van der Waals surface area contributed by atoms with Crippen molar-refractivity contribution in [3.8, 4) is 23.0 Å². The van der Waals surface area contributed by atoms with Crippen molar-refractivity contribution >= 4 is 55.1 Å². The van der Waals surface area contributed by atoms with Crippen LogP contribution >= 0.6 is 55.1 Å². The molecule has 0 spiro atoms. The van der Waals surface area contributed by atoms with E-state index < -0.39 is 0 Å². The lowest BCUT2D eigenvalue weighted by molar-refractivity contribution is 0.359. The molecule has 0 radical (unpaired) electrons. The third-order valence-electron chi connectivity index (χ3n) is 2.37. The van der Waals surface area contributed by atoms with Crippen LogP contribution in [0.25, 0.3) is 0 Å². The topological polar surface area (TPSA) is 18.5 Å². The highest BCUT2D eigenvalue weighted by Gasteiger charge is 2.24. The van der Waals surface area contributed by atoms with Gasteiger partial charge in [0.2, 0.25) is 0 Å². The Balaban J connectivity index is 2.18. The maximum Gasteiger partial charge on any atom is 0.188 e. The first-order chi connectivity index (χ1) is 8.54. The van der Waals surface area contributed by atoms with Crippen LogP contribution < -0.4 is 9.47 Å². The normalized spacial score (nSPS) is 12.2. The maximum absolute atomic E-state index is 6.11. The molecule has 0 unspecified atom stereocenters. The molecule has 0 fully saturated rings. The summed E-state index contributed by atoms with van der Waals surface area (Å²) in [6, 6.07) is 7.06. The molecule has 0 bridgehead atoms. The second-order valence-corrected chi connectivity index (χ2v) is 6.28. The molecule has 0 amide bonds. The quantitative estimate of drug-likeness (QED) is 0.426. The van der Waals surface area contributed by atoms with Gasteiger partial charge in [0.25, 0.3) is 0 Å². The predicted molar refractivity (Wildman–Crippen MR) is 78.5 cm³/mol. The van der Waals surface area contributed by atoms with Crippen LogP contribution in [0.1, 0.15) is 0 Å². The van der Waals surface area contributed by atoms with Crippen LogP contribution in [-0.2, 0) is 0 Å². The zero-order valence-electron chi connectivity index (χ0n) is 8.64. The Morgan fingerprint density at radius 3 is 1.61 bits per heavy atom. The van der Waals surface area contributed by atoms with Gasteiger partial charge in [-0.05, 0) is 24.3 Å². The molecule has 3 rings (SSSR count). The first-order valence-corrected chi connectivity index (χ1v) is 7.22. The number of hydrogen-bond donors (Lipinski definition) is 0. The molecule has 0 aromatic heterocycles. The highest BCUT2D eigenvalue weighted by molar-refractivity contribution is 9.10. The van der Waals surface area contributed by atoms with Gasteiger partial charge < -0.3 is 9.47 Å². The molecule has 0 saturated carbocycles. The molecule has 92 valence electrons. The molecular formula is C12H4Br2Cl2O2. The second-order valence-electron chi connectivity index (χ2n) is 3.63. The van der Waals surface area contributed by atoms with Gasteiger partial charge in [-0.3, -0.25) is 0 Å². The Bertz CT molecular complexity index is 604. The van der Waals surface area contributed by atoms with Gasteiger partial charge in [-0.15, -0.1) is 0 Å². The minimum Gasteiger partial charge on any atom is -0.449 e. The van der Waals surface area contributed by atoms with Crippen molar-refractivity contribution in [3.05, 3.63) is 43.3 Å². The third kappa shape index (κ3) is 2.11. The van der Waals surface area contributed by atoms with E-state index >= 15 is 0 Å². The zero-order chi connectivity index (χ0) is 12.9. The van der Waals surface area contributed by atoms with Crippen LogP contribution in [-0.4, -0.2) is 0 Å². The van der Waals surface area contributed by atoms with E-state index in [1.54, 1.807) is 24.3 Å². The molecule has 2 nitrogen and oxygen atoms in total. The largest absolute Gasteiger partial charge is 0.449 e. The summed E-state index contributed by atoms with van der Waals surface area (Å²) in [5.41, 5.74) is 0. The molecule has 1 aliphatic heterocycles. The summed E-state index contributed by atoms with van der Waals surface area (Å²) in [7, 11) is 0. The zero-order valence-corrected chi connectivity index (χ0v) is 13.3. The predicted octanol–water partition coefficient (Wildman–Crippen LogP) is 6.42. The second kappa shape index (κ2) is 4.60. The molecule has 2 aromatic rings. The summed E-state index contributed by atoms with van der Waals surface area (Å²) >= 11 is 18.9. The van der Waals surface area contributed by atoms with Crippen LogP contribution in [0.4, 0.5) is 0 Å². The highest BCUT2D eigenvalue weighted by Crippen LogP contribution is 2.52. The van der Waals surface area contributed by atoms with E-state index in [1.165, 1.54) is 0 Å². The van der Waals surface area contributed by atoms with E-state index in [4.69, 9.17) is 32.7 Å². The van der Waals surface area contributed by atoms with Crippen LogP contribution in [0.5, 0.6) is 23.0 Å². The molecule has 0 atom stereocenters. The van der Waals surface area contributed by atoms with Crippen molar-refractivity contribution in [2.75, 3.05) is 0 Å². The Hall–Kier alpha value is -0.420. The molecular weight excluding hydrogens is 407 g/mol. The summed E-state index contributed by atoms with van der Waals surface area (Å²) in [5, 5.41) is 0.924. The average molecular weight is 411 g/mol. The SMILES string of the molecule is Clc1cc(Br)cc2c1Oc1c(Cl)cc(Br)cc1O2. The van der Waals surface area contributed by atoms with Crippen LogP contribution in [0.3, 0.4) is 0 Å². The van der Waals surface area contributed by atoms with Gasteiger partial charge in [0.05, 0.1) is 10.0 Å². The van der Waals surface area contributed by atoms with Crippen molar-refractivity contribution in [2.24, 2.45) is 0 Å². The number of benzene rings is 2. The molecule has 1 heterocycles. The summed E-state index contributed by atoms with van der Waals surface area (Å²) in [6.07, 6.45) is 0. The van der Waals surface area contributed by atoms with Crippen LogP contribution in [0.2, 0.25) is 10.0 Å². The Morgan fingerprint density at radius 1 is 0.722 bits per heavy atom. The van der Waals surface area contributed by atoms with E-state index in [9.17, 15) is 0 Å². The fourth-order valence-corrected chi connectivity index (χ4v) is 3.28. The lowest BCUT2D eigenvalue weighted by Gasteiger charge is -2.22. The summed E-state index contributed by atoms with van der Waals surface area (Å²) in [5.74, 6) is 2.04. The Morgan fingerprint density at radius 2 is 1.17 bits per heavy atom. The summed E-state index contributed by atoms with van der Waals surface area (Å²) < 4.78 is 13.1. The van der Waals surface area contributed by atoms with Gasteiger partial charge in [-0.25, -0.2) is 0 Å². The number of fused-ring (bicyclic) bond motifs is 2. The molecule has 2 aromatic carbocycles. The van der Waals surface area contributed by atoms with Crippen molar-refractivity contribution in [1.82, 2.24) is 0 Å². The number of rotatable bonds is 0. The van der Waals surface area contributed by atoms with Crippen LogP contribution in [0, 0.1) is 0 Å². The maximum atomic E-state index is 6.11. The molecule has 0 aliphatic carbocycles. The number of halogens is 4. The first-order valence-electron chi connectivity index (χ1n) is 4.88. The monoisotopic (exact) mass is 408 g/mol. The lowest BCUT2D eigenvalue weighted by Crippen LogP contribution is -2.00. The summed E-state index contributed by atoms with van der Waals surface area (Å²) in [4.78, 5) is 0. The average Bonchev–Trinajstić information content (AvgIpc) is 2.26. The van der Waals surface area contributed by atoms with E-state index in [0.717, 1.165) is 8.95 Å². The number of hydrogen-bond acceptors (Lipinski definition) is 2. The lowest BCUT2D eigenvalue weighted by atomic mass is 10.2. The van der Waals surface area contributed by atoms with Crippen molar-refractivity contribution < 1.29 is 9.47 Å². The van der Waals surface area contributed by atoms with Gasteiger partial charge in [0.15, 0.2) is 23.0 Å². The van der Waals surface area contributed by atoms with Crippen molar-refractivity contribution in [2.45, 2.75) is 0 Å². The molecule has 6 heteroatoms. The molecule has 1 aliphatic rings. The molecule has 0 saturated heterocycles. The minimum absolute atomic E-state index is 0.462. The van der Waals surface area contributed by atoms with Crippen molar-refractivity contribution in [3.63, 3.8) is 0 Å². The minimum atomic E-state index is 0.462. The Labute approximate surface area is 130 Å². The third-order valence-corrected chi connectivity index (χ3v) is 3.85. The van der Waals surface area contributed by atoms with E-state index in [0.29, 0.717) is 33.0 Å². The van der Waals surface area contributed by atoms with Gasteiger partial charge in [0.1, 0.15) is 0 Å². The number of ether oxygens (including phenoxy) is 2. The molecule has 18 heavy (non-hydrogen) atoms. The molecule has 0 N–H and O–H groups in total. The fraction of sp³-hybridized carbons (Fsp3) is 0. The van der Waals surface area contributed by atoms with Gasteiger partial charge in [-0.2, -0.15) is 0 Å². The van der Waals surface area contributed by atoms with Crippen molar-refractivity contribution in [1.29, 1.82) is 0 Å². The Kier molecular flexibility index (Phi) is 3.22. The van der Waals surface area contributed by atoms with Gasteiger partial charge in [-0.1, -0.05) is 55.1 Å². The van der Waals surface area contributed by atoms with E-state index in [-0.39, 0.29) is 0 Å². The van der Waals surface area contributed by atoms with E-state index in [2.05, 4.69) is 31.9 Å². The van der Waals surface area contributed by atoms with Crippen LogP contribution in [0.15, 0.2) is 33.2 Å².